The number of amides is 1. The average Bonchev–Trinajstić information content (AvgIpc) is 3.14. The maximum Gasteiger partial charge on any atom is 0.279 e. The van der Waals surface area contributed by atoms with E-state index in [9.17, 15) is 13.2 Å². The van der Waals surface area contributed by atoms with Crippen molar-refractivity contribution in [2.24, 2.45) is 4.99 Å². The van der Waals surface area contributed by atoms with E-state index in [2.05, 4.69) is 44.8 Å². The zero-order valence-electron chi connectivity index (χ0n) is 20.8. The van der Waals surface area contributed by atoms with Gasteiger partial charge in [-0.15, -0.1) is 0 Å². The zero-order chi connectivity index (χ0) is 24.9. The fraction of sp³-hybridized carbons (Fsp3) is 0.462. The molecule has 3 rings (SSSR count). The van der Waals surface area contributed by atoms with Crippen LogP contribution in [0, 0.1) is 13.8 Å². The van der Waals surface area contributed by atoms with Gasteiger partial charge in [0.25, 0.3) is 5.91 Å². The number of hydrogen-bond donors (Lipinski definition) is 0. The molecule has 0 aliphatic heterocycles. The number of aryl methyl sites for hydroxylation is 3. The molecule has 1 aromatic heterocycles. The maximum atomic E-state index is 13.2. The number of rotatable bonds is 10. The molecule has 0 aliphatic rings. The molecule has 1 amide bonds. The first kappa shape index (κ1) is 26.3. The van der Waals surface area contributed by atoms with Crippen molar-refractivity contribution < 1.29 is 13.2 Å². The van der Waals surface area contributed by atoms with Crippen molar-refractivity contribution in [3.8, 4) is 0 Å². The Bertz CT molecular complexity index is 1310. The zero-order valence-corrected chi connectivity index (χ0v) is 22.4. The molecule has 0 saturated heterocycles. The Labute approximate surface area is 207 Å². The summed E-state index contributed by atoms with van der Waals surface area (Å²) in [5.41, 5.74) is 3.86. The number of carbonyl (C=O) groups excluding carboxylic acids is 1. The predicted octanol–water partition coefficient (Wildman–Crippen LogP) is 5.67. The smallest absolute Gasteiger partial charge is 0.279 e. The number of fused-ring (bicyclic) bond motifs is 1. The van der Waals surface area contributed by atoms with Crippen LogP contribution in [0.4, 0.5) is 0 Å². The first-order chi connectivity index (χ1) is 16.2. The third-order valence-electron chi connectivity index (χ3n) is 6.07. The minimum absolute atomic E-state index is 0.215. The van der Waals surface area contributed by atoms with Crippen LogP contribution in [0.3, 0.4) is 0 Å². The Morgan fingerprint density at radius 3 is 2.12 bits per heavy atom. The van der Waals surface area contributed by atoms with E-state index in [1.54, 1.807) is 16.4 Å². The van der Waals surface area contributed by atoms with Crippen molar-refractivity contribution >= 4 is 37.5 Å². The van der Waals surface area contributed by atoms with Gasteiger partial charge in [0, 0.05) is 25.2 Å². The predicted molar refractivity (Wildman–Crippen MR) is 140 cm³/mol. The lowest BCUT2D eigenvalue weighted by Gasteiger charge is -2.22. The van der Waals surface area contributed by atoms with Crippen molar-refractivity contribution in [1.82, 2.24) is 8.87 Å². The third-order valence-corrected chi connectivity index (χ3v) is 9.03. The number of thiazole rings is 1. The van der Waals surface area contributed by atoms with Crippen LogP contribution in [-0.2, 0) is 16.6 Å². The number of aromatic nitrogens is 1. The van der Waals surface area contributed by atoms with Gasteiger partial charge in [0.15, 0.2) is 4.80 Å². The molecule has 8 heteroatoms. The molecule has 184 valence electrons. The van der Waals surface area contributed by atoms with E-state index in [-0.39, 0.29) is 10.8 Å². The number of benzene rings is 2. The molecule has 2 aromatic carbocycles. The van der Waals surface area contributed by atoms with Crippen molar-refractivity contribution in [3.63, 3.8) is 0 Å². The fourth-order valence-corrected chi connectivity index (χ4v) is 6.49. The van der Waals surface area contributed by atoms with Crippen molar-refractivity contribution in [3.05, 3.63) is 57.9 Å². The fourth-order valence-electron chi connectivity index (χ4n) is 3.80. The molecule has 3 aromatic rings. The van der Waals surface area contributed by atoms with Crippen LogP contribution in [0.15, 0.2) is 46.3 Å². The standard InChI is InChI=1S/C26H35N3O3S2/c1-6-9-15-28(16-10-7-2)34(31,32)22-13-11-21(12-14-22)25(30)27-26-29(8-3)23-17-19(4)20(5)18-24(23)33-26/h11-14,17-18H,6-10,15-16H2,1-5H3. The van der Waals surface area contributed by atoms with Crippen LogP contribution < -0.4 is 4.80 Å². The van der Waals surface area contributed by atoms with Gasteiger partial charge in [0.2, 0.25) is 10.0 Å². The van der Waals surface area contributed by atoms with Gasteiger partial charge >= 0.3 is 0 Å². The Kier molecular flexibility index (Phi) is 8.84. The molecule has 0 fully saturated rings. The first-order valence-electron chi connectivity index (χ1n) is 12.0. The highest BCUT2D eigenvalue weighted by Crippen LogP contribution is 2.22. The minimum Gasteiger partial charge on any atom is -0.317 e. The van der Waals surface area contributed by atoms with Gasteiger partial charge in [-0.2, -0.15) is 9.30 Å². The van der Waals surface area contributed by atoms with E-state index in [1.807, 2.05) is 11.5 Å². The molecule has 34 heavy (non-hydrogen) atoms. The van der Waals surface area contributed by atoms with Gasteiger partial charge < -0.3 is 4.57 Å². The summed E-state index contributed by atoms with van der Waals surface area (Å²) in [6, 6.07) is 10.4. The quantitative estimate of drug-likeness (QED) is 0.359. The molecule has 1 heterocycles. The molecule has 0 spiro atoms. The molecular formula is C26H35N3O3S2. The number of hydrogen-bond acceptors (Lipinski definition) is 4. The molecular weight excluding hydrogens is 466 g/mol. The average molecular weight is 502 g/mol. The van der Waals surface area contributed by atoms with Gasteiger partial charge in [-0.1, -0.05) is 38.0 Å². The summed E-state index contributed by atoms with van der Waals surface area (Å²) in [6.07, 6.45) is 3.51. The van der Waals surface area contributed by atoms with E-state index < -0.39 is 10.0 Å². The van der Waals surface area contributed by atoms with Crippen LogP contribution in [0.5, 0.6) is 0 Å². The second-order valence-electron chi connectivity index (χ2n) is 8.59. The lowest BCUT2D eigenvalue weighted by Crippen LogP contribution is -2.33. The molecule has 0 atom stereocenters. The number of unbranched alkanes of at least 4 members (excludes halogenated alkanes) is 2. The summed E-state index contributed by atoms with van der Waals surface area (Å²) < 4.78 is 31.0. The van der Waals surface area contributed by atoms with Crippen LogP contribution in [0.1, 0.15) is 67.9 Å². The first-order valence-corrected chi connectivity index (χ1v) is 14.3. The van der Waals surface area contributed by atoms with Crippen LogP contribution in [0.2, 0.25) is 0 Å². The van der Waals surface area contributed by atoms with Gasteiger partial charge in [-0.3, -0.25) is 4.79 Å². The normalized spacial score (nSPS) is 12.7. The third kappa shape index (κ3) is 5.67. The number of carbonyl (C=O) groups is 1. The van der Waals surface area contributed by atoms with E-state index in [4.69, 9.17) is 0 Å². The second kappa shape index (κ2) is 11.4. The Hall–Kier alpha value is -2.29. The Morgan fingerprint density at radius 2 is 1.56 bits per heavy atom. The van der Waals surface area contributed by atoms with Crippen LogP contribution >= 0.6 is 11.3 Å². The van der Waals surface area contributed by atoms with E-state index in [1.165, 1.54) is 34.6 Å². The molecule has 0 unspecified atom stereocenters. The summed E-state index contributed by atoms with van der Waals surface area (Å²) in [5, 5.41) is 0. The highest BCUT2D eigenvalue weighted by molar-refractivity contribution is 7.89. The van der Waals surface area contributed by atoms with Gasteiger partial charge in [0.1, 0.15) is 0 Å². The largest absolute Gasteiger partial charge is 0.317 e. The highest BCUT2D eigenvalue weighted by atomic mass is 32.2. The summed E-state index contributed by atoms with van der Waals surface area (Å²) in [5.74, 6) is -0.375. The lowest BCUT2D eigenvalue weighted by molar-refractivity contribution is 0.0997. The maximum absolute atomic E-state index is 13.2. The summed E-state index contributed by atoms with van der Waals surface area (Å²) in [6.45, 7) is 12.0. The molecule has 0 aliphatic carbocycles. The van der Waals surface area contributed by atoms with Crippen LogP contribution in [-0.4, -0.2) is 36.3 Å². The molecule has 0 bridgehead atoms. The van der Waals surface area contributed by atoms with Crippen LogP contribution in [0.25, 0.3) is 10.2 Å². The van der Waals surface area contributed by atoms with Crippen molar-refractivity contribution in [2.45, 2.75) is 71.7 Å². The van der Waals surface area contributed by atoms with E-state index in [0.29, 0.717) is 30.0 Å². The molecule has 0 radical (unpaired) electrons. The molecule has 0 saturated carbocycles. The molecule has 0 N–H and O–H groups in total. The number of nitrogens with zero attached hydrogens (tertiary/aromatic N) is 3. The number of sulfonamides is 1. The highest BCUT2D eigenvalue weighted by Gasteiger charge is 2.23. The Morgan fingerprint density at radius 1 is 0.971 bits per heavy atom. The van der Waals surface area contributed by atoms with Crippen molar-refractivity contribution in [2.75, 3.05) is 13.1 Å². The summed E-state index contributed by atoms with van der Waals surface area (Å²) in [4.78, 5) is 18.2. The Balaban J connectivity index is 1.91. The monoisotopic (exact) mass is 501 g/mol. The summed E-state index contributed by atoms with van der Waals surface area (Å²) in [7, 11) is -3.59. The lowest BCUT2D eigenvalue weighted by atomic mass is 10.1. The molecule has 6 nitrogen and oxygen atoms in total. The van der Waals surface area contributed by atoms with Crippen molar-refractivity contribution in [1.29, 1.82) is 0 Å². The summed E-state index contributed by atoms with van der Waals surface area (Å²) >= 11 is 1.49. The minimum atomic E-state index is -3.59. The SMILES string of the molecule is CCCCN(CCCC)S(=O)(=O)c1ccc(C(=O)N=c2sc3cc(C)c(C)cc3n2CC)cc1. The van der Waals surface area contributed by atoms with Gasteiger partial charge in [-0.25, -0.2) is 8.42 Å². The van der Waals surface area contributed by atoms with Gasteiger partial charge in [0.05, 0.1) is 15.1 Å². The second-order valence-corrected chi connectivity index (χ2v) is 11.5. The van der Waals surface area contributed by atoms with Gasteiger partial charge in [-0.05, 0) is 81.1 Å². The van der Waals surface area contributed by atoms with E-state index >= 15 is 0 Å². The van der Waals surface area contributed by atoms with E-state index in [0.717, 1.165) is 35.9 Å². The topological polar surface area (TPSA) is 71.7 Å².